The number of benzene rings is 2. The molecule has 0 atom stereocenters. The molecule has 0 spiro atoms. The van der Waals surface area contributed by atoms with Gasteiger partial charge in [0.25, 0.3) is 0 Å². The molecular weight excluding hydrogens is 395 g/mol. The Hall–Kier alpha value is -2.65. The molecule has 0 amide bonds. The first-order chi connectivity index (χ1) is 15.7. The van der Waals surface area contributed by atoms with Crippen LogP contribution >= 0.6 is 0 Å². The summed E-state index contributed by atoms with van der Waals surface area (Å²) in [5, 5.41) is 0. The van der Waals surface area contributed by atoms with Gasteiger partial charge in [-0.25, -0.2) is 0 Å². The average molecular weight is 429 g/mol. The number of aryl methyl sites for hydroxylation is 2. The van der Waals surface area contributed by atoms with Gasteiger partial charge in [0.15, 0.2) is 0 Å². The van der Waals surface area contributed by atoms with Crippen LogP contribution < -0.4 is 0 Å². The topological polar surface area (TPSA) is 8.17 Å². The lowest BCUT2D eigenvalue weighted by atomic mass is 9.87. The summed E-state index contributed by atoms with van der Waals surface area (Å²) in [7, 11) is 2.15. The zero-order chi connectivity index (χ0) is 21.9. The predicted octanol–water partition coefficient (Wildman–Crippen LogP) is 6.15. The van der Waals surface area contributed by atoms with Crippen molar-refractivity contribution < 1.29 is 4.39 Å². The summed E-state index contributed by atoms with van der Waals surface area (Å²) in [5.74, 6) is 0.706. The van der Waals surface area contributed by atoms with Crippen LogP contribution in [0.5, 0.6) is 0 Å². The van der Waals surface area contributed by atoms with Gasteiger partial charge < -0.3 is 9.47 Å². The summed E-state index contributed by atoms with van der Waals surface area (Å²) < 4.78 is 14.6. The number of hydrogen-bond donors (Lipinski definition) is 0. The molecule has 0 bridgehead atoms. The summed E-state index contributed by atoms with van der Waals surface area (Å²) in [5.41, 5.74) is 9.74. The Morgan fingerprint density at radius 1 is 0.938 bits per heavy atom. The average Bonchev–Trinajstić information content (AvgIpc) is 3.12. The molecule has 166 valence electrons. The standard InChI is InChI=1S/C29H33FN2/c1-31-17-5-11-28(31)27-10-4-8-24-7-2-3-9-26(24)29(27)25-14-12-22(13-15-25)19-23-20-32(21-23)18-6-16-30/h2-3,5,7,9,11-15,17,23H,4,6,8,10,16,18-21H2,1H3. The van der Waals surface area contributed by atoms with Gasteiger partial charge in [-0.15, -0.1) is 0 Å². The van der Waals surface area contributed by atoms with Crippen molar-refractivity contribution in [2.24, 2.45) is 13.0 Å². The fourth-order valence-electron chi connectivity index (χ4n) is 5.50. The monoisotopic (exact) mass is 428 g/mol. The van der Waals surface area contributed by atoms with Crippen LogP contribution in [0.1, 0.15) is 47.2 Å². The number of aromatic nitrogens is 1. The van der Waals surface area contributed by atoms with Crippen molar-refractivity contribution in [2.75, 3.05) is 26.3 Å². The lowest BCUT2D eigenvalue weighted by molar-refractivity contribution is 0.0968. The molecule has 2 heterocycles. The highest BCUT2D eigenvalue weighted by Gasteiger charge is 2.26. The minimum absolute atomic E-state index is 0.202. The molecule has 5 rings (SSSR count). The molecule has 0 radical (unpaired) electrons. The first kappa shape index (κ1) is 21.2. The maximum absolute atomic E-state index is 12.4. The molecular formula is C29H33FN2. The molecule has 0 saturated carbocycles. The fourth-order valence-corrected chi connectivity index (χ4v) is 5.50. The zero-order valence-corrected chi connectivity index (χ0v) is 19.1. The van der Waals surface area contributed by atoms with Crippen molar-refractivity contribution in [1.29, 1.82) is 0 Å². The number of hydrogen-bond acceptors (Lipinski definition) is 1. The first-order valence-corrected chi connectivity index (χ1v) is 12.0. The van der Waals surface area contributed by atoms with E-state index in [1.165, 1.54) is 45.5 Å². The number of likely N-dealkylation sites (tertiary alicyclic amines) is 1. The van der Waals surface area contributed by atoms with Gasteiger partial charge in [-0.3, -0.25) is 4.39 Å². The number of halogens is 1. The summed E-state index contributed by atoms with van der Waals surface area (Å²) in [6.07, 6.45) is 7.34. The SMILES string of the molecule is Cn1cccc1C1=C(c2ccc(CC3CN(CCCF)C3)cc2)c2ccccc2CCC1. The number of allylic oxidation sites excluding steroid dienone is 1. The highest BCUT2D eigenvalue weighted by molar-refractivity contribution is 5.99. The third-order valence-electron chi connectivity index (χ3n) is 7.12. The Morgan fingerprint density at radius 2 is 1.75 bits per heavy atom. The molecule has 1 aromatic heterocycles. The maximum atomic E-state index is 12.4. The van der Waals surface area contributed by atoms with Crippen molar-refractivity contribution in [3.05, 3.63) is 94.8 Å². The van der Waals surface area contributed by atoms with Crippen LogP contribution in [0.25, 0.3) is 11.1 Å². The molecule has 0 N–H and O–H groups in total. The van der Waals surface area contributed by atoms with Crippen LogP contribution in [0.4, 0.5) is 4.39 Å². The molecule has 32 heavy (non-hydrogen) atoms. The fraction of sp³-hybridized carbons (Fsp3) is 0.379. The van der Waals surface area contributed by atoms with Crippen LogP contribution in [-0.4, -0.2) is 35.8 Å². The van der Waals surface area contributed by atoms with E-state index in [4.69, 9.17) is 0 Å². The minimum Gasteiger partial charge on any atom is -0.351 e. The van der Waals surface area contributed by atoms with Gasteiger partial charge >= 0.3 is 0 Å². The van der Waals surface area contributed by atoms with E-state index in [1.807, 2.05) is 0 Å². The lowest BCUT2D eigenvalue weighted by Crippen LogP contribution is -2.47. The molecule has 3 heteroatoms. The van der Waals surface area contributed by atoms with Crippen LogP contribution in [-0.2, 0) is 19.9 Å². The second-order valence-corrected chi connectivity index (χ2v) is 9.44. The van der Waals surface area contributed by atoms with E-state index in [1.54, 1.807) is 0 Å². The minimum atomic E-state index is -0.202. The molecule has 1 aliphatic heterocycles. The summed E-state index contributed by atoms with van der Waals surface area (Å²) in [6.45, 7) is 2.92. The van der Waals surface area contributed by atoms with E-state index >= 15 is 0 Å². The largest absolute Gasteiger partial charge is 0.351 e. The molecule has 2 nitrogen and oxygen atoms in total. The van der Waals surface area contributed by atoms with Crippen molar-refractivity contribution in [3.63, 3.8) is 0 Å². The zero-order valence-electron chi connectivity index (χ0n) is 19.1. The molecule has 1 aliphatic carbocycles. The number of rotatable bonds is 7. The Morgan fingerprint density at radius 3 is 2.50 bits per heavy atom. The van der Waals surface area contributed by atoms with Crippen LogP contribution in [0.2, 0.25) is 0 Å². The predicted molar refractivity (Wildman–Crippen MR) is 131 cm³/mol. The third kappa shape index (κ3) is 4.31. The second-order valence-electron chi connectivity index (χ2n) is 9.44. The Labute approximate surface area is 191 Å². The third-order valence-corrected chi connectivity index (χ3v) is 7.12. The Bertz CT molecular complexity index is 1090. The normalized spacial score (nSPS) is 17.2. The quantitative estimate of drug-likeness (QED) is 0.438. The summed E-state index contributed by atoms with van der Waals surface area (Å²) in [4.78, 5) is 2.37. The molecule has 0 unspecified atom stereocenters. The van der Waals surface area contributed by atoms with Gasteiger partial charge in [0.05, 0.1) is 6.67 Å². The molecule has 3 aromatic rings. The summed E-state index contributed by atoms with van der Waals surface area (Å²) in [6, 6.07) is 22.6. The molecule has 1 fully saturated rings. The van der Waals surface area contributed by atoms with E-state index < -0.39 is 0 Å². The smallest absolute Gasteiger partial charge is 0.0906 e. The number of nitrogens with zero attached hydrogens (tertiary/aromatic N) is 2. The van der Waals surface area contributed by atoms with Gasteiger partial charge in [0, 0.05) is 38.6 Å². The number of alkyl halides is 1. The number of fused-ring (bicyclic) bond motifs is 1. The molecule has 2 aromatic carbocycles. The summed E-state index contributed by atoms with van der Waals surface area (Å²) >= 11 is 0. The highest BCUT2D eigenvalue weighted by Crippen LogP contribution is 2.39. The van der Waals surface area contributed by atoms with Gasteiger partial charge in [-0.1, -0.05) is 48.5 Å². The maximum Gasteiger partial charge on any atom is 0.0906 e. The Kier molecular flexibility index (Phi) is 6.27. The van der Waals surface area contributed by atoms with Gasteiger partial charge in [0.2, 0.25) is 0 Å². The van der Waals surface area contributed by atoms with Crippen molar-refractivity contribution in [3.8, 4) is 0 Å². The van der Waals surface area contributed by atoms with Crippen LogP contribution in [0, 0.1) is 5.92 Å². The highest BCUT2D eigenvalue weighted by atomic mass is 19.1. The van der Waals surface area contributed by atoms with Gasteiger partial charge in [-0.2, -0.15) is 0 Å². The van der Waals surface area contributed by atoms with E-state index in [2.05, 4.69) is 83.4 Å². The van der Waals surface area contributed by atoms with Crippen molar-refractivity contribution in [1.82, 2.24) is 9.47 Å². The van der Waals surface area contributed by atoms with Crippen molar-refractivity contribution in [2.45, 2.75) is 32.1 Å². The van der Waals surface area contributed by atoms with Crippen LogP contribution in [0.3, 0.4) is 0 Å². The first-order valence-electron chi connectivity index (χ1n) is 12.0. The lowest BCUT2D eigenvalue weighted by Gasteiger charge is -2.39. The van der Waals surface area contributed by atoms with E-state index in [0.29, 0.717) is 12.3 Å². The van der Waals surface area contributed by atoms with Gasteiger partial charge in [-0.05, 0) is 83.6 Å². The van der Waals surface area contributed by atoms with E-state index in [0.717, 1.165) is 38.9 Å². The second kappa shape index (κ2) is 9.46. The molecule has 2 aliphatic rings. The van der Waals surface area contributed by atoms with Crippen LogP contribution in [0.15, 0.2) is 66.9 Å². The van der Waals surface area contributed by atoms with Gasteiger partial charge in [0.1, 0.15) is 0 Å². The van der Waals surface area contributed by atoms with E-state index in [9.17, 15) is 4.39 Å². The van der Waals surface area contributed by atoms with Crippen molar-refractivity contribution >= 4 is 11.1 Å². The molecule has 1 saturated heterocycles. The Balaban J connectivity index is 1.43. The van der Waals surface area contributed by atoms with E-state index in [-0.39, 0.29) is 6.67 Å².